The van der Waals surface area contributed by atoms with Crippen molar-refractivity contribution in [2.24, 2.45) is 5.41 Å². The number of hydrogen-bond donors (Lipinski definition) is 1. The maximum absolute atomic E-state index is 5.68. The highest BCUT2D eigenvalue weighted by Gasteiger charge is 2.64. The first-order chi connectivity index (χ1) is 11.6. The molecule has 3 heteroatoms. The van der Waals surface area contributed by atoms with Gasteiger partial charge in [-0.1, -0.05) is 32.9 Å². The molecular formula is C21H32N2O. The number of ether oxygens (including phenoxy) is 1. The van der Waals surface area contributed by atoms with Crippen LogP contribution in [0.2, 0.25) is 0 Å². The highest BCUT2D eigenvalue weighted by molar-refractivity contribution is 5.71. The maximum Gasteiger partial charge on any atom is 0.142 e. The summed E-state index contributed by atoms with van der Waals surface area (Å²) < 4.78 is 5.68. The van der Waals surface area contributed by atoms with Crippen LogP contribution in [0.3, 0.4) is 0 Å². The van der Waals surface area contributed by atoms with Crippen LogP contribution in [0, 0.1) is 5.41 Å². The molecule has 0 bridgehead atoms. The number of nitrogens with one attached hydrogen (secondary N) is 1. The van der Waals surface area contributed by atoms with Crippen molar-refractivity contribution in [3.8, 4) is 5.75 Å². The summed E-state index contributed by atoms with van der Waals surface area (Å²) in [7, 11) is 1.79. The summed E-state index contributed by atoms with van der Waals surface area (Å²) >= 11 is 0. The van der Waals surface area contributed by atoms with E-state index in [2.05, 4.69) is 49.2 Å². The molecule has 2 unspecified atom stereocenters. The molecular weight excluding hydrogens is 296 g/mol. The smallest absolute Gasteiger partial charge is 0.142 e. The molecule has 3 nitrogen and oxygen atoms in total. The lowest BCUT2D eigenvalue weighted by atomic mass is 9.55. The van der Waals surface area contributed by atoms with Crippen molar-refractivity contribution in [1.82, 2.24) is 4.90 Å². The lowest BCUT2D eigenvalue weighted by molar-refractivity contribution is 0.0190. The van der Waals surface area contributed by atoms with Gasteiger partial charge in [-0.3, -0.25) is 4.90 Å². The Morgan fingerprint density at radius 2 is 2.12 bits per heavy atom. The van der Waals surface area contributed by atoms with Gasteiger partial charge in [0.25, 0.3) is 0 Å². The van der Waals surface area contributed by atoms with Crippen molar-refractivity contribution in [2.75, 3.05) is 25.5 Å². The molecule has 0 radical (unpaired) electrons. The molecule has 0 aromatic heterocycles. The topological polar surface area (TPSA) is 24.5 Å². The Kier molecular flexibility index (Phi) is 3.83. The fraction of sp³-hybridized carbons (Fsp3) is 0.714. The molecule has 1 N–H and O–H groups in total. The van der Waals surface area contributed by atoms with E-state index in [1.807, 2.05) is 0 Å². The summed E-state index contributed by atoms with van der Waals surface area (Å²) in [6, 6.07) is 7.87. The molecule has 2 fully saturated rings. The van der Waals surface area contributed by atoms with Gasteiger partial charge in [0.05, 0.1) is 12.8 Å². The van der Waals surface area contributed by atoms with Gasteiger partial charge in [0, 0.05) is 17.5 Å². The molecule has 0 amide bonds. The Balaban J connectivity index is 1.88. The number of benzene rings is 1. The van der Waals surface area contributed by atoms with Crippen molar-refractivity contribution in [2.45, 2.75) is 70.4 Å². The molecule has 24 heavy (non-hydrogen) atoms. The van der Waals surface area contributed by atoms with Crippen LogP contribution in [-0.4, -0.2) is 37.2 Å². The van der Waals surface area contributed by atoms with Crippen molar-refractivity contribution in [3.63, 3.8) is 0 Å². The van der Waals surface area contributed by atoms with E-state index in [1.165, 1.54) is 56.4 Å². The van der Waals surface area contributed by atoms with Gasteiger partial charge in [-0.05, 0) is 62.2 Å². The van der Waals surface area contributed by atoms with Gasteiger partial charge in [0.1, 0.15) is 5.75 Å². The second-order valence-electron chi connectivity index (χ2n) is 8.35. The molecule has 4 rings (SSSR count). The fourth-order valence-corrected chi connectivity index (χ4v) is 6.20. The first-order valence-electron chi connectivity index (χ1n) is 9.78. The lowest BCUT2D eigenvalue weighted by Gasteiger charge is -2.54. The first kappa shape index (κ1) is 16.3. The molecule has 2 aliphatic heterocycles. The highest BCUT2D eigenvalue weighted by Crippen LogP contribution is 2.62. The minimum absolute atomic E-state index is 0.266. The number of rotatable bonds is 4. The molecule has 1 aromatic carbocycles. The van der Waals surface area contributed by atoms with Crippen molar-refractivity contribution in [3.05, 3.63) is 23.8 Å². The standard InChI is InChI=1S/C21H32N2O/c1-5-13-23-14-12-21-15-8-7-9-16(24-4)18(15)22-17(21)10-11-20(3,6-2)19(21)23/h7-9,17,19,22H,5-6,10-14H2,1-4H3/t17?,19?,20-,21+/m0/s1. The molecule has 1 aliphatic carbocycles. The average molecular weight is 329 g/mol. The van der Waals surface area contributed by atoms with Gasteiger partial charge in [-0.25, -0.2) is 0 Å². The zero-order valence-corrected chi connectivity index (χ0v) is 15.7. The van der Waals surface area contributed by atoms with Gasteiger partial charge in [-0.2, -0.15) is 0 Å². The SMILES string of the molecule is CCCN1CC[C@@]23c4cccc(OC)c4NC2CC[C@](C)(CC)C13. The minimum Gasteiger partial charge on any atom is -0.495 e. The van der Waals surface area contributed by atoms with Gasteiger partial charge in [-0.15, -0.1) is 0 Å². The molecule has 1 saturated heterocycles. The van der Waals surface area contributed by atoms with Crippen LogP contribution < -0.4 is 10.1 Å². The second-order valence-corrected chi connectivity index (χ2v) is 8.35. The zero-order chi connectivity index (χ0) is 16.9. The van der Waals surface area contributed by atoms with Crippen LogP contribution in [0.15, 0.2) is 18.2 Å². The lowest BCUT2D eigenvalue weighted by Crippen LogP contribution is -2.60. The molecule has 2 heterocycles. The summed E-state index contributed by atoms with van der Waals surface area (Å²) in [6.45, 7) is 9.72. The van der Waals surface area contributed by atoms with E-state index < -0.39 is 0 Å². The van der Waals surface area contributed by atoms with E-state index in [4.69, 9.17) is 4.74 Å². The van der Waals surface area contributed by atoms with Crippen LogP contribution in [0.5, 0.6) is 5.75 Å². The zero-order valence-electron chi connectivity index (χ0n) is 15.7. The Labute approximate surface area is 146 Å². The molecule has 1 aromatic rings. The van der Waals surface area contributed by atoms with E-state index in [1.54, 1.807) is 7.11 Å². The van der Waals surface area contributed by atoms with Crippen LogP contribution in [0.1, 0.15) is 58.4 Å². The Morgan fingerprint density at radius 3 is 2.83 bits per heavy atom. The predicted molar refractivity (Wildman–Crippen MR) is 100.0 cm³/mol. The maximum atomic E-state index is 5.68. The third kappa shape index (κ3) is 1.94. The number of methoxy groups -OCH3 is 1. The van der Waals surface area contributed by atoms with E-state index >= 15 is 0 Å². The molecule has 4 atom stereocenters. The van der Waals surface area contributed by atoms with Crippen LogP contribution in [0.25, 0.3) is 0 Å². The number of nitrogens with zero attached hydrogens (tertiary/aromatic N) is 1. The van der Waals surface area contributed by atoms with Gasteiger partial charge in [0.15, 0.2) is 0 Å². The monoisotopic (exact) mass is 328 g/mol. The van der Waals surface area contributed by atoms with E-state index in [-0.39, 0.29) is 5.41 Å². The fourth-order valence-electron chi connectivity index (χ4n) is 6.20. The third-order valence-corrected chi connectivity index (χ3v) is 7.34. The largest absolute Gasteiger partial charge is 0.495 e. The Morgan fingerprint density at radius 1 is 1.29 bits per heavy atom. The quantitative estimate of drug-likeness (QED) is 0.885. The van der Waals surface area contributed by atoms with Crippen molar-refractivity contribution >= 4 is 5.69 Å². The molecule has 132 valence electrons. The van der Waals surface area contributed by atoms with Crippen molar-refractivity contribution in [1.29, 1.82) is 0 Å². The summed E-state index contributed by atoms with van der Waals surface area (Å²) in [6.07, 6.45) is 6.40. The predicted octanol–water partition coefficient (Wildman–Crippen LogP) is 4.42. The number of anilines is 1. The second kappa shape index (κ2) is 5.66. The van der Waals surface area contributed by atoms with E-state index in [9.17, 15) is 0 Å². The van der Waals surface area contributed by atoms with Crippen LogP contribution in [0.4, 0.5) is 5.69 Å². The number of likely N-dealkylation sites (tertiary alicyclic amines) is 1. The summed E-state index contributed by atoms with van der Waals surface area (Å²) in [5.74, 6) is 1.02. The Bertz CT molecular complexity index is 630. The number of fused-ring (bicyclic) bond motifs is 1. The normalized spacial score (nSPS) is 37.5. The van der Waals surface area contributed by atoms with Gasteiger partial charge < -0.3 is 10.1 Å². The minimum atomic E-state index is 0.266. The number of hydrogen-bond acceptors (Lipinski definition) is 3. The van der Waals surface area contributed by atoms with Crippen LogP contribution in [-0.2, 0) is 5.41 Å². The van der Waals surface area contributed by atoms with E-state index in [0.29, 0.717) is 17.5 Å². The highest BCUT2D eigenvalue weighted by atomic mass is 16.5. The average Bonchev–Trinajstić information content (AvgIpc) is 3.14. The summed E-state index contributed by atoms with van der Waals surface area (Å²) in [5.41, 5.74) is 3.47. The molecule has 1 spiro atoms. The Hall–Kier alpha value is -1.22. The summed E-state index contributed by atoms with van der Waals surface area (Å²) in [4.78, 5) is 2.81. The van der Waals surface area contributed by atoms with Gasteiger partial charge in [0.2, 0.25) is 0 Å². The molecule has 3 aliphatic rings. The summed E-state index contributed by atoms with van der Waals surface area (Å²) in [5, 5.41) is 3.89. The van der Waals surface area contributed by atoms with Gasteiger partial charge >= 0.3 is 0 Å². The van der Waals surface area contributed by atoms with Crippen LogP contribution >= 0.6 is 0 Å². The third-order valence-electron chi connectivity index (χ3n) is 7.34. The molecule has 1 saturated carbocycles. The van der Waals surface area contributed by atoms with Crippen molar-refractivity contribution < 1.29 is 4.74 Å². The number of para-hydroxylation sites is 1. The first-order valence-corrected chi connectivity index (χ1v) is 9.78. The van der Waals surface area contributed by atoms with E-state index in [0.717, 1.165) is 5.75 Å².